The standard InChI is InChI=1S/C16H26N2O2/c1-3-14(4-2)18(10-11-19)16(20)15(12-17)13-8-6-5-7-9-13/h5-9,14-15,19H,3-4,10-12,17H2,1-2H3. The summed E-state index contributed by atoms with van der Waals surface area (Å²) < 4.78 is 0. The van der Waals surface area contributed by atoms with Gasteiger partial charge in [0.15, 0.2) is 0 Å². The topological polar surface area (TPSA) is 66.6 Å². The van der Waals surface area contributed by atoms with Gasteiger partial charge in [-0.3, -0.25) is 4.79 Å². The van der Waals surface area contributed by atoms with Crippen LogP contribution >= 0.6 is 0 Å². The summed E-state index contributed by atoms with van der Waals surface area (Å²) in [5, 5.41) is 9.23. The van der Waals surface area contributed by atoms with Crippen LogP contribution in [0.3, 0.4) is 0 Å². The third-order valence-corrected chi connectivity index (χ3v) is 3.74. The quantitative estimate of drug-likeness (QED) is 0.761. The van der Waals surface area contributed by atoms with E-state index in [1.54, 1.807) is 4.90 Å². The minimum absolute atomic E-state index is 0.0152. The Morgan fingerprint density at radius 1 is 1.25 bits per heavy atom. The van der Waals surface area contributed by atoms with E-state index in [4.69, 9.17) is 5.73 Å². The lowest BCUT2D eigenvalue weighted by molar-refractivity contribution is -0.135. The fourth-order valence-electron chi connectivity index (χ4n) is 2.57. The molecular formula is C16H26N2O2. The lowest BCUT2D eigenvalue weighted by Crippen LogP contribution is -2.45. The van der Waals surface area contributed by atoms with Crippen molar-refractivity contribution in [2.45, 2.75) is 38.6 Å². The minimum Gasteiger partial charge on any atom is -0.395 e. The van der Waals surface area contributed by atoms with Crippen LogP contribution in [-0.4, -0.2) is 41.7 Å². The van der Waals surface area contributed by atoms with Crippen molar-refractivity contribution in [1.29, 1.82) is 0 Å². The number of carbonyl (C=O) groups is 1. The molecule has 1 amide bonds. The minimum atomic E-state index is -0.330. The molecule has 0 saturated heterocycles. The van der Waals surface area contributed by atoms with E-state index < -0.39 is 0 Å². The molecule has 0 aromatic heterocycles. The van der Waals surface area contributed by atoms with Crippen LogP contribution < -0.4 is 5.73 Å². The molecule has 1 aromatic carbocycles. The first-order chi connectivity index (χ1) is 9.69. The predicted octanol–water partition coefficient (Wildman–Crippen LogP) is 1.74. The van der Waals surface area contributed by atoms with Gasteiger partial charge < -0.3 is 15.7 Å². The molecule has 0 fully saturated rings. The first-order valence-corrected chi connectivity index (χ1v) is 7.35. The average molecular weight is 278 g/mol. The molecule has 0 aliphatic rings. The Morgan fingerprint density at radius 2 is 1.85 bits per heavy atom. The lowest BCUT2D eigenvalue weighted by Gasteiger charge is -2.33. The second-order valence-electron chi connectivity index (χ2n) is 4.92. The van der Waals surface area contributed by atoms with Crippen LogP contribution in [0.2, 0.25) is 0 Å². The Labute approximate surface area is 121 Å². The van der Waals surface area contributed by atoms with Crippen LogP contribution in [0, 0.1) is 0 Å². The summed E-state index contributed by atoms with van der Waals surface area (Å²) in [4.78, 5) is 14.5. The van der Waals surface area contributed by atoms with Crippen LogP contribution in [-0.2, 0) is 4.79 Å². The Balaban J connectivity index is 2.96. The number of nitrogens with zero attached hydrogens (tertiary/aromatic N) is 1. The Morgan fingerprint density at radius 3 is 2.30 bits per heavy atom. The smallest absolute Gasteiger partial charge is 0.231 e. The largest absolute Gasteiger partial charge is 0.395 e. The molecule has 1 aromatic rings. The van der Waals surface area contributed by atoms with E-state index in [2.05, 4.69) is 13.8 Å². The average Bonchev–Trinajstić information content (AvgIpc) is 2.49. The van der Waals surface area contributed by atoms with Crippen molar-refractivity contribution >= 4 is 5.91 Å². The molecule has 0 bridgehead atoms. The van der Waals surface area contributed by atoms with Crippen molar-refractivity contribution < 1.29 is 9.90 Å². The predicted molar refractivity (Wildman–Crippen MR) is 81.4 cm³/mol. The number of hydrogen-bond donors (Lipinski definition) is 2. The Bertz CT molecular complexity index is 391. The van der Waals surface area contributed by atoms with Gasteiger partial charge in [0.05, 0.1) is 12.5 Å². The summed E-state index contributed by atoms with van der Waals surface area (Å²) in [5.74, 6) is -0.315. The molecule has 0 heterocycles. The maximum Gasteiger partial charge on any atom is 0.231 e. The van der Waals surface area contributed by atoms with E-state index in [1.807, 2.05) is 30.3 Å². The maximum atomic E-state index is 12.8. The SMILES string of the molecule is CCC(CC)N(CCO)C(=O)C(CN)c1ccccc1. The normalized spacial score (nSPS) is 12.4. The molecule has 4 nitrogen and oxygen atoms in total. The lowest BCUT2D eigenvalue weighted by atomic mass is 9.96. The second kappa shape index (κ2) is 8.72. The highest BCUT2D eigenvalue weighted by atomic mass is 16.3. The van der Waals surface area contributed by atoms with Crippen molar-refractivity contribution in [3.63, 3.8) is 0 Å². The van der Waals surface area contributed by atoms with E-state index >= 15 is 0 Å². The molecule has 0 saturated carbocycles. The van der Waals surface area contributed by atoms with Crippen LogP contribution in [0.25, 0.3) is 0 Å². The number of aliphatic hydroxyl groups excluding tert-OH is 1. The zero-order valence-electron chi connectivity index (χ0n) is 12.5. The maximum absolute atomic E-state index is 12.8. The van der Waals surface area contributed by atoms with Crippen molar-refractivity contribution in [2.75, 3.05) is 19.7 Å². The van der Waals surface area contributed by atoms with E-state index in [1.165, 1.54) is 0 Å². The summed E-state index contributed by atoms with van der Waals surface area (Å²) in [6.07, 6.45) is 1.77. The molecule has 0 spiro atoms. The van der Waals surface area contributed by atoms with Gasteiger partial charge in [-0.1, -0.05) is 44.2 Å². The molecule has 0 aliphatic carbocycles. The molecule has 1 unspecified atom stereocenters. The van der Waals surface area contributed by atoms with Crippen LogP contribution in [0.4, 0.5) is 0 Å². The first-order valence-electron chi connectivity index (χ1n) is 7.35. The highest BCUT2D eigenvalue weighted by Crippen LogP contribution is 2.20. The zero-order valence-corrected chi connectivity index (χ0v) is 12.5. The number of rotatable bonds is 8. The van der Waals surface area contributed by atoms with Crippen LogP contribution in [0.15, 0.2) is 30.3 Å². The van der Waals surface area contributed by atoms with Gasteiger partial charge >= 0.3 is 0 Å². The second-order valence-corrected chi connectivity index (χ2v) is 4.92. The number of nitrogens with two attached hydrogens (primary N) is 1. The summed E-state index contributed by atoms with van der Waals surface area (Å²) in [5.41, 5.74) is 6.75. The summed E-state index contributed by atoms with van der Waals surface area (Å²) >= 11 is 0. The third-order valence-electron chi connectivity index (χ3n) is 3.74. The van der Waals surface area contributed by atoms with Crippen LogP contribution in [0.1, 0.15) is 38.2 Å². The number of aliphatic hydroxyl groups is 1. The third kappa shape index (κ3) is 4.05. The van der Waals surface area contributed by atoms with E-state index in [9.17, 15) is 9.90 Å². The first kappa shape index (κ1) is 16.7. The highest BCUT2D eigenvalue weighted by Gasteiger charge is 2.28. The van der Waals surface area contributed by atoms with Gasteiger partial charge in [0.25, 0.3) is 0 Å². The number of hydrogen-bond acceptors (Lipinski definition) is 3. The Kier molecular flexibility index (Phi) is 7.26. The van der Waals surface area contributed by atoms with Crippen molar-refractivity contribution in [2.24, 2.45) is 5.73 Å². The highest BCUT2D eigenvalue weighted by molar-refractivity contribution is 5.84. The molecule has 112 valence electrons. The van der Waals surface area contributed by atoms with Crippen molar-refractivity contribution in [3.8, 4) is 0 Å². The molecule has 3 N–H and O–H groups in total. The van der Waals surface area contributed by atoms with Crippen molar-refractivity contribution in [3.05, 3.63) is 35.9 Å². The molecule has 1 rings (SSSR count). The van der Waals surface area contributed by atoms with E-state index in [0.717, 1.165) is 18.4 Å². The van der Waals surface area contributed by atoms with Gasteiger partial charge in [0.2, 0.25) is 5.91 Å². The number of carbonyl (C=O) groups excluding carboxylic acids is 1. The number of amides is 1. The molecule has 0 aliphatic heterocycles. The zero-order chi connectivity index (χ0) is 15.0. The van der Waals surface area contributed by atoms with E-state index in [-0.39, 0.29) is 31.0 Å². The number of benzene rings is 1. The van der Waals surface area contributed by atoms with Gasteiger partial charge in [0, 0.05) is 19.1 Å². The molecule has 20 heavy (non-hydrogen) atoms. The molecule has 0 radical (unpaired) electrons. The van der Waals surface area contributed by atoms with Gasteiger partial charge in [-0.05, 0) is 18.4 Å². The summed E-state index contributed by atoms with van der Waals surface area (Å²) in [7, 11) is 0. The van der Waals surface area contributed by atoms with E-state index in [0.29, 0.717) is 6.54 Å². The molecular weight excluding hydrogens is 252 g/mol. The van der Waals surface area contributed by atoms with Gasteiger partial charge in [0.1, 0.15) is 0 Å². The van der Waals surface area contributed by atoms with Crippen molar-refractivity contribution in [1.82, 2.24) is 4.90 Å². The van der Waals surface area contributed by atoms with Gasteiger partial charge in [-0.2, -0.15) is 0 Å². The Hall–Kier alpha value is -1.39. The monoisotopic (exact) mass is 278 g/mol. The van der Waals surface area contributed by atoms with Crippen LogP contribution in [0.5, 0.6) is 0 Å². The van der Waals surface area contributed by atoms with Gasteiger partial charge in [-0.25, -0.2) is 0 Å². The fourth-order valence-corrected chi connectivity index (χ4v) is 2.57. The summed E-state index contributed by atoms with van der Waals surface area (Å²) in [6, 6.07) is 9.78. The summed E-state index contributed by atoms with van der Waals surface area (Å²) in [6.45, 7) is 4.76. The molecule has 4 heteroatoms. The van der Waals surface area contributed by atoms with Gasteiger partial charge in [-0.15, -0.1) is 0 Å². The fraction of sp³-hybridized carbons (Fsp3) is 0.562. The molecule has 1 atom stereocenters.